The van der Waals surface area contributed by atoms with Crippen molar-refractivity contribution in [2.75, 3.05) is 13.1 Å². The van der Waals surface area contributed by atoms with Crippen molar-refractivity contribution in [3.05, 3.63) is 34.9 Å². The van der Waals surface area contributed by atoms with E-state index >= 15 is 0 Å². The molecule has 0 radical (unpaired) electrons. The number of hydrogen-bond donors (Lipinski definition) is 2. The Bertz CT molecular complexity index is 350. The molecule has 0 aliphatic carbocycles. The quantitative estimate of drug-likeness (QED) is 0.769. The van der Waals surface area contributed by atoms with Crippen molar-refractivity contribution in [1.29, 1.82) is 0 Å². The summed E-state index contributed by atoms with van der Waals surface area (Å²) in [6.07, 6.45) is 1.04. The molecule has 0 atom stereocenters. The molecule has 0 fully saturated rings. The van der Waals surface area contributed by atoms with E-state index in [1.54, 1.807) is 0 Å². The molecular formula is C15H26N2. The average Bonchev–Trinajstić information content (AvgIpc) is 2.25. The van der Waals surface area contributed by atoms with E-state index in [-0.39, 0.29) is 5.41 Å². The maximum atomic E-state index is 5.48. The molecule has 0 aliphatic heterocycles. The van der Waals surface area contributed by atoms with Gasteiger partial charge in [0.2, 0.25) is 0 Å². The normalized spacial score (nSPS) is 11.8. The first kappa shape index (κ1) is 14.2. The van der Waals surface area contributed by atoms with Gasteiger partial charge in [0.05, 0.1) is 0 Å². The van der Waals surface area contributed by atoms with Crippen molar-refractivity contribution in [2.45, 2.75) is 46.1 Å². The van der Waals surface area contributed by atoms with Crippen molar-refractivity contribution >= 4 is 0 Å². The first-order valence-electron chi connectivity index (χ1n) is 6.46. The van der Waals surface area contributed by atoms with E-state index in [2.05, 4.69) is 51.2 Å². The Kier molecular flexibility index (Phi) is 5.16. The third-order valence-corrected chi connectivity index (χ3v) is 3.09. The number of aryl methyl sites for hydroxylation is 1. The summed E-state index contributed by atoms with van der Waals surface area (Å²) in [5, 5.41) is 3.44. The van der Waals surface area contributed by atoms with Crippen LogP contribution < -0.4 is 11.1 Å². The lowest BCUT2D eigenvalue weighted by atomic mass is 9.85. The number of rotatable bonds is 5. The van der Waals surface area contributed by atoms with Crippen LogP contribution in [0.25, 0.3) is 0 Å². The SMILES string of the molecule is Cc1ccc(C(C)(C)C)cc1CNCCCN. The van der Waals surface area contributed by atoms with Crippen molar-refractivity contribution in [3.63, 3.8) is 0 Å². The Balaban J connectivity index is 2.70. The van der Waals surface area contributed by atoms with Gasteiger partial charge in [0.15, 0.2) is 0 Å². The maximum absolute atomic E-state index is 5.48. The number of hydrogen-bond acceptors (Lipinski definition) is 2. The molecule has 1 aromatic carbocycles. The minimum absolute atomic E-state index is 0.222. The standard InChI is InChI=1S/C15H26N2/c1-12-6-7-14(15(2,3)4)10-13(12)11-17-9-5-8-16/h6-7,10,17H,5,8-9,11,16H2,1-4H3. The second-order valence-electron chi connectivity index (χ2n) is 5.71. The molecule has 96 valence electrons. The molecule has 0 spiro atoms. The lowest BCUT2D eigenvalue weighted by Gasteiger charge is -2.21. The van der Waals surface area contributed by atoms with Gasteiger partial charge < -0.3 is 11.1 Å². The van der Waals surface area contributed by atoms with Crippen LogP contribution in [0.15, 0.2) is 18.2 Å². The van der Waals surface area contributed by atoms with E-state index in [1.807, 2.05) is 0 Å². The third kappa shape index (κ3) is 4.49. The Morgan fingerprint density at radius 1 is 1.24 bits per heavy atom. The average molecular weight is 234 g/mol. The van der Waals surface area contributed by atoms with E-state index in [4.69, 9.17) is 5.73 Å². The van der Waals surface area contributed by atoms with Gasteiger partial charge in [-0.25, -0.2) is 0 Å². The molecule has 0 amide bonds. The van der Waals surface area contributed by atoms with Crippen LogP contribution in [0.5, 0.6) is 0 Å². The molecule has 0 aliphatic rings. The highest BCUT2D eigenvalue weighted by Crippen LogP contribution is 2.24. The van der Waals surface area contributed by atoms with Crippen LogP contribution in [0.3, 0.4) is 0 Å². The summed E-state index contributed by atoms with van der Waals surface area (Å²) >= 11 is 0. The Morgan fingerprint density at radius 2 is 1.94 bits per heavy atom. The predicted octanol–water partition coefficient (Wildman–Crippen LogP) is 2.73. The topological polar surface area (TPSA) is 38.0 Å². The summed E-state index contributed by atoms with van der Waals surface area (Å²) in [4.78, 5) is 0. The summed E-state index contributed by atoms with van der Waals surface area (Å²) in [6.45, 7) is 11.6. The van der Waals surface area contributed by atoms with Crippen LogP contribution in [-0.2, 0) is 12.0 Å². The van der Waals surface area contributed by atoms with E-state index in [9.17, 15) is 0 Å². The van der Waals surface area contributed by atoms with Crippen LogP contribution in [0.1, 0.15) is 43.9 Å². The van der Waals surface area contributed by atoms with Gasteiger partial charge in [-0.05, 0) is 48.5 Å². The summed E-state index contributed by atoms with van der Waals surface area (Å²) in [5.74, 6) is 0. The second kappa shape index (κ2) is 6.18. The zero-order chi connectivity index (χ0) is 12.9. The lowest BCUT2D eigenvalue weighted by molar-refractivity contribution is 0.587. The van der Waals surface area contributed by atoms with E-state index in [1.165, 1.54) is 16.7 Å². The molecule has 2 nitrogen and oxygen atoms in total. The fourth-order valence-electron chi connectivity index (χ4n) is 1.78. The first-order chi connectivity index (χ1) is 7.95. The van der Waals surface area contributed by atoms with Crippen molar-refractivity contribution < 1.29 is 0 Å². The second-order valence-corrected chi connectivity index (χ2v) is 5.71. The molecule has 1 aromatic rings. The molecule has 0 bridgehead atoms. The molecule has 2 heteroatoms. The Morgan fingerprint density at radius 3 is 2.53 bits per heavy atom. The highest BCUT2D eigenvalue weighted by Gasteiger charge is 2.14. The van der Waals surface area contributed by atoms with Crippen LogP contribution in [0.2, 0.25) is 0 Å². The predicted molar refractivity (Wildman–Crippen MR) is 75.3 cm³/mol. The van der Waals surface area contributed by atoms with Crippen LogP contribution in [-0.4, -0.2) is 13.1 Å². The molecule has 1 rings (SSSR count). The van der Waals surface area contributed by atoms with E-state index in [0.29, 0.717) is 0 Å². The molecule has 0 saturated heterocycles. The minimum atomic E-state index is 0.222. The monoisotopic (exact) mass is 234 g/mol. The third-order valence-electron chi connectivity index (χ3n) is 3.09. The van der Waals surface area contributed by atoms with Crippen molar-refractivity contribution in [1.82, 2.24) is 5.32 Å². The molecule has 0 unspecified atom stereocenters. The van der Waals surface area contributed by atoms with Crippen LogP contribution in [0.4, 0.5) is 0 Å². The Labute approximate surface area is 106 Å². The smallest absolute Gasteiger partial charge is 0.0208 e. The molecule has 3 N–H and O–H groups in total. The highest BCUT2D eigenvalue weighted by molar-refractivity contribution is 5.34. The fourth-order valence-corrected chi connectivity index (χ4v) is 1.78. The minimum Gasteiger partial charge on any atom is -0.330 e. The number of nitrogens with one attached hydrogen (secondary N) is 1. The van der Waals surface area contributed by atoms with Gasteiger partial charge in [-0.15, -0.1) is 0 Å². The van der Waals surface area contributed by atoms with E-state index < -0.39 is 0 Å². The van der Waals surface area contributed by atoms with Gasteiger partial charge in [-0.2, -0.15) is 0 Å². The zero-order valence-electron chi connectivity index (χ0n) is 11.6. The fraction of sp³-hybridized carbons (Fsp3) is 0.600. The van der Waals surface area contributed by atoms with Gasteiger partial charge >= 0.3 is 0 Å². The molecule has 17 heavy (non-hydrogen) atoms. The molecule has 0 aromatic heterocycles. The Hall–Kier alpha value is -0.860. The summed E-state index contributed by atoms with van der Waals surface area (Å²) in [6, 6.07) is 6.78. The van der Waals surface area contributed by atoms with Gasteiger partial charge in [0.1, 0.15) is 0 Å². The van der Waals surface area contributed by atoms with Crippen molar-refractivity contribution in [3.8, 4) is 0 Å². The van der Waals surface area contributed by atoms with Gasteiger partial charge in [-0.3, -0.25) is 0 Å². The maximum Gasteiger partial charge on any atom is 0.0208 e. The van der Waals surface area contributed by atoms with Gasteiger partial charge in [0.25, 0.3) is 0 Å². The lowest BCUT2D eigenvalue weighted by Crippen LogP contribution is -2.19. The molecular weight excluding hydrogens is 208 g/mol. The van der Waals surface area contributed by atoms with Gasteiger partial charge in [-0.1, -0.05) is 39.0 Å². The summed E-state index contributed by atoms with van der Waals surface area (Å²) < 4.78 is 0. The van der Waals surface area contributed by atoms with E-state index in [0.717, 1.165) is 26.1 Å². The summed E-state index contributed by atoms with van der Waals surface area (Å²) in [5.41, 5.74) is 9.86. The van der Waals surface area contributed by atoms with Crippen LogP contribution >= 0.6 is 0 Å². The van der Waals surface area contributed by atoms with Crippen LogP contribution in [0, 0.1) is 6.92 Å². The molecule has 0 heterocycles. The molecule has 0 saturated carbocycles. The largest absolute Gasteiger partial charge is 0.330 e. The first-order valence-corrected chi connectivity index (χ1v) is 6.46. The van der Waals surface area contributed by atoms with Gasteiger partial charge in [0, 0.05) is 6.54 Å². The summed E-state index contributed by atoms with van der Waals surface area (Å²) in [7, 11) is 0. The number of nitrogens with two attached hydrogens (primary N) is 1. The number of benzene rings is 1. The van der Waals surface area contributed by atoms with Crippen molar-refractivity contribution in [2.24, 2.45) is 5.73 Å². The zero-order valence-corrected chi connectivity index (χ0v) is 11.6. The highest BCUT2D eigenvalue weighted by atomic mass is 14.8.